The Balaban J connectivity index is 1.91. The van der Waals surface area contributed by atoms with Crippen LogP contribution in [0.25, 0.3) is 0 Å². The van der Waals surface area contributed by atoms with Crippen molar-refractivity contribution in [3.8, 4) is 5.75 Å². The molecule has 0 aliphatic carbocycles. The van der Waals surface area contributed by atoms with Gasteiger partial charge in [0.2, 0.25) is 10.9 Å². The third kappa shape index (κ3) is 2.49. The van der Waals surface area contributed by atoms with Gasteiger partial charge in [-0.25, -0.2) is 0 Å². The highest BCUT2D eigenvalue weighted by Crippen LogP contribution is 2.44. The second-order valence-corrected chi connectivity index (χ2v) is 7.19. The molecule has 0 radical (unpaired) electrons. The molecule has 0 saturated heterocycles. The van der Waals surface area contributed by atoms with E-state index in [1.165, 1.54) is 27.8 Å². The molecule has 1 aliphatic rings. The number of phenols is 1. The Morgan fingerprint density at radius 3 is 2.58 bits per heavy atom. The Labute approximate surface area is 155 Å². The van der Waals surface area contributed by atoms with Crippen LogP contribution in [-0.4, -0.2) is 32.1 Å². The van der Waals surface area contributed by atoms with Crippen molar-refractivity contribution in [1.82, 2.24) is 10.2 Å². The first-order valence-corrected chi connectivity index (χ1v) is 9.24. The van der Waals surface area contributed by atoms with E-state index in [0.29, 0.717) is 10.4 Å². The highest BCUT2D eigenvalue weighted by Gasteiger charge is 2.46. The Kier molecular flexibility index (Phi) is 4.02. The second kappa shape index (κ2) is 6.36. The molecule has 1 atom stereocenters. The van der Waals surface area contributed by atoms with Crippen molar-refractivity contribution >= 4 is 39.5 Å². The number of benzene rings is 1. The number of Topliss-reactive ketones (excluding diaryl/α,β-unsaturated/α-hetero) is 1. The minimum absolute atomic E-state index is 0.0887. The average molecular weight is 385 g/mol. The first-order valence-electron chi connectivity index (χ1n) is 7.48. The number of aromatic hydroxyl groups is 1. The quantitative estimate of drug-likeness (QED) is 0.669. The Hall–Kier alpha value is -3.04. The molecule has 130 valence electrons. The van der Waals surface area contributed by atoms with Gasteiger partial charge in [-0.15, -0.1) is 21.5 Å². The fourth-order valence-corrected chi connectivity index (χ4v) is 4.12. The largest absolute Gasteiger partial charge is 0.508 e. The number of anilines is 1. The van der Waals surface area contributed by atoms with Crippen LogP contribution in [0.1, 0.15) is 21.3 Å². The fourth-order valence-electron chi connectivity index (χ4n) is 2.86. The van der Waals surface area contributed by atoms with E-state index in [9.17, 15) is 19.8 Å². The molecule has 26 heavy (non-hydrogen) atoms. The van der Waals surface area contributed by atoms with Crippen LogP contribution in [-0.2, 0) is 4.79 Å². The lowest BCUT2D eigenvalue weighted by Gasteiger charge is -2.24. The maximum Gasteiger partial charge on any atom is 0.296 e. The first-order chi connectivity index (χ1) is 12.6. The number of carbonyl (C=O) groups excluding carboxylic acids is 2. The zero-order chi connectivity index (χ0) is 18.3. The van der Waals surface area contributed by atoms with E-state index < -0.39 is 23.5 Å². The molecule has 1 amide bonds. The number of aliphatic hydroxyl groups excluding tert-OH is 1. The zero-order valence-electron chi connectivity index (χ0n) is 13.1. The number of phenolic OH excluding ortho intramolecular Hbond substituents is 1. The van der Waals surface area contributed by atoms with Crippen molar-refractivity contribution in [1.29, 1.82) is 0 Å². The number of thiophene rings is 1. The summed E-state index contributed by atoms with van der Waals surface area (Å²) in [6, 6.07) is 8.71. The number of hydrogen-bond acceptors (Lipinski definition) is 8. The molecule has 3 aromatic rings. The Morgan fingerprint density at radius 1 is 1.12 bits per heavy atom. The summed E-state index contributed by atoms with van der Waals surface area (Å²) in [6.45, 7) is 0. The SMILES string of the molecule is O=C(C1=C(O)C(=O)N(c2nncs2)C1c1ccccc1O)c1cccs1. The zero-order valence-corrected chi connectivity index (χ0v) is 14.7. The molecule has 1 aliphatic heterocycles. The second-order valence-electron chi connectivity index (χ2n) is 5.43. The lowest BCUT2D eigenvalue weighted by molar-refractivity contribution is -0.117. The number of carbonyl (C=O) groups is 2. The smallest absolute Gasteiger partial charge is 0.296 e. The number of aromatic nitrogens is 2. The molecule has 0 bridgehead atoms. The van der Waals surface area contributed by atoms with Crippen molar-refractivity contribution in [3.63, 3.8) is 0 Å². The molecule has 7 nitrogen and oxygen atoms in total. The van der Waals surface area contributed by atoms with E-state index in [1.807, 2.05) is 0 Å². The van der Waals surface area contributed by atoms with Crippen LogP contribution < -0.4 is 4.90 Å². The Bertz CT molecular complexity index is 1010. The van der Waals surface area contributed by atoms with E-state index in [2.05, 4.69) is 10.2 Å². The van der Waals surface area contributed by atoms with Gasteiger partial charge in [0.05, 0.1) is 10.5 Å². The molecule has 2 aromatic heterocycles. The summed E-state index contributed by atoms with van der Waals surface area (Å²) in [5, 5.41) is 30.3. The molecular formula is C17H11N3O4S2. The van der Waals surface area contributed by atoms with Crippen LogP contribution in [0.5, 0.6) is 5.75 Å². The summed E-state index contributed by atoms with van der Waals surface area (Å²) in [4.78, 5) is 27.3. The summed E-state index contributed by atoms with van der Waals surface area (Å²) in [5.41, 5.74) is 1.68. The topological polar surface area (TPSA) is 104 Å². The van der Waals surface area contributed by atoms with Crippen LogP contribution in [0.3, 0.4) is 0 Å². The lowest BCUT2D eigenvalue weighted by Crippen LogP contribution is -2.31. The molecule has 3 heterocycles. The van der Waals surface area contributed by atoms with Gasteiger partial charge in [-0.3, -0.25) is 14.5 Å². The van der Waals surface area contributed by atoms with Crippen molar-refractivity contribution in [2.75, 3.05) is 4.90 Å². The van der Waals surface area contributed by atoms with E-state index in [-0.39, 0.29) is 16.5 Å². The van der Waals surface area contributed by atoms with E-state index in [1.54, 1.807) is 35.7 Å². The van der Waals surface area contributed by atoms with Crippen LogP contribution in [0.2, 0.25) is 0 Å². The highest BCUT2D eigenvalue weighted by molar-refractivity contribution is 7.13. The average Bonchev–Trinajstić information content (AvgIpc) is 3.37. The lowest BCUT2D eigenvalue weighted by atomic mass is 9.95. The van der Waals surface area contributed by atoms with Gasteiger partial charge in [0, 0.05) is 5.56 Å². The van der Waals surface area contributed by atoms with Crippen LogP contribution >= 0.6 is 22.7 Å². The van der Waals surface area contributed by atoms with Gasteiger partial charge in [-0.05, 0) is 17.5 Å². The molecule has 0 spiro atoms. The van der Waals surface area contributed by atoms with Crippen molar-refractivity contribution in [3.05, 3.63) is 69.1 Å². The number of nitrogens with zero attached hydrogens (tertiary/aromatic N) is 3. The van der Waals surface area contributed by atoms with Crippen molar-refractivity contribution in [2.24, 2.45) is 0 Å². The molecule has 4 rings (SSSR count). The maximum atomic E-state index is 13.0. The molecule has 0 fully saturated rings. The van der Waals surface area contributed by atoms with Gasteiger partial charge >= 0.3 is 0 Å². The fraction of sp³-hybridized carbons (Fsp3) is 0.0588. The highest BCUT2D eigenvalue weighted by atomic mass is 32.1. The molecule has 0 saturated carbocycles. The third-order valence-corrected chi connectivity index (χ3v) is 5.54. The number of amides is 1. The summed E-state index contributed by atoms with van der Waals surface area (Å²) < 4.78 is 0. The van der Waals surface area contributed by atoms with Crippen molar-refractivity contribution < 1.29 is 19.8 Å². The predicted octanol–water partition coefficient (Wildman–Crippen LogP) is 3.09. The first kappa shape index (κ1) is 16.4. The van der Waals surface area contributed by atoms with Gasteiger partial charge in [-0.2, -0.15) is 0 Å². The maximum absolute atomic E-state index is 13.0. The summed E-state index contributed by atoms with van der Waals surface area (Å²) in [5.74, 6) is -1.96. The van der Waals surface area contributed by atoms with Crippen molar-refractivity contribution in [2.45, 2.75) is 6.04 Å². The molecule has 2 N–H and O–H groups in total. The Morgan fingerprint density at radius 2 is 1.92 bits per heavy atom. The minimum Gasteiger partial charge on any atom is -0.508 e. The summed E-state index contributed by atoms with van der Waals surface area (Å²) in [6.07, 6.45) is 0. The predicted molar refractivity (Wildman–Crippen MR) is 96.5 cm³/mol. The number of rotatable bonds is 4. The normalized spacial score (nSPS) is 17.2. The molecule has 1 aromatic carbocycles. The van der Waals surface area contributed by atoms with Gasteiger partial charge in [-0.1, -0.05) is 35.6 Å². The van der Waals surface area contributed by atoms with Crippen LogP contribution in [0.15, 0.2) is 58.6 Å². The van der Waals surface area contributed by atoms with Crippen LogP contribution in [0, 0.1) is 0 Å². The number of para-hydroxylation sites is 1. The van der Waals surface area contributed by atoms with Gasteiger partial charge in [0.1, 0.15) is 17.3 Å². The molecule has 1 unspecified atom stereocenters. The van der Waals surface area contributed by atoms with Gasteiger partial charge in [0.15, 0.2) is 5.76 Å². The number of ketones is 1. The van der Waals surface area contributed by atoms with Gasteiger partial charge in [0.25, 0.3) is 5.91 Å². The van der Waals surface area contributed by atoms with Crippen LogP contribution in [0.4, 0.5) is 5.13 Å². The number of aliphatic hydroxyl groups is 1. The molecule has 9 heteroatoms. The van der Waals surface area contributed by atoms with E-state index >= 15 is 0 Å². The standard InChI is InChI=1S/C17H11N3O4S2/c21-10-5-2-1-4-9(10)13-12(14(22)11-6-3-7-25-11)15(23)16(24)20(13)17-19-18-8-26-17/h1-8,13,21,23H. The summed E-state index contributed by atoms with van der Waals surface area (Å²) >= 11 is 2.31. The van der Waals surface area contributed by atoms with E-state index in [4.69, 9.17) is 0 Å². The number of hydrogen-bond donors (Lipinski definition) is 2. The van der Waals surface area contributed by atoms with Gasteiger partial charge < -0.3 is 10.2 Å². The van der Waals surface area contributed by atoms with E-state index in [0.717, 1.165) is 11.3 Å². The molecular weight excluding hydrogens is 374 g/mol. The third-order valence-electron chi connectivity index (χ3n) is 3.98. The minimum atomic E-state index is -0.994. The monoisotopic (exact) mass is 385 g/mol. The summed E-state index contributed by atoms with van der Waals surface area (Å²) in [7, 11) is 0.